The molecule has 3 heterocycles. The summed E-state index contributed by atoms with van der Waals surface area (Å²) in [5.74, 6) is 0.904. The summed E-state index contributed by atoms with van der Waals surface area (Å²) in [6.45, 7) is 0.944. The first-order valence-electron chi connectivity index (χ1n) is 9.03. The summed E-state index contributed by atoms with van der Waals surface area (Å²) in [7, 11) is 1.71. The molecule has 3 aromatic rings. The molecule has 0 radical (unpaired) electrons. The minimum absolute atomic E-state index is 0.208. The van der Waals surface area contributed by atoms with Crippen LogP contribution in [0.25, 0.3) is 5.00 Å². The Morgan fingerprint density at radius 1 is 1.08 bits per heavy atom. The summed E-state index contributed by atoms with van der Waals surface area (Å²) in [5, 5.41) is 5.24. The fraction of sp³-hybridized carbons (Fsp3) is 0.333. The Morgan fingerprint density at radius 3 is 2.76 bits per heavy atom. The number of rotatable bonds is 2. The van der Waals surface area contributed by atoms with Crippen LogP contribution in [0.2, 0.25) is 0 Å². The average molecular weight is 350 g/mol. The minimum Gasteiger partial charge on any atom is -0.497 e. The van der Waals surface area contributed by atoms with E-state index in [0.29, 0.717) is 0 Å². The zero-order valence-electron chi connectivity index (χ0n) is 14.4. The molecule has 1 aromatic carbocycles. The number of ether oxygens (including phenoxy) is 1. The quantitative estimate of drug-likeness (QED) is 0.730. The number of aryl methyl sites for hydroxylation is 1. The van der Waals surface area contributed by atoms with Crippen molar-refractivity contribution >= 4 is 11.3 Å². The molecule has 0 bridgehead atoms. The highest BCUT2D eigenvalue weighted by atomic mass is 32.1. The van der Waals surface area contributed by atoms with Crippen molar-refractivity contribution in [2.75, 3.05) is 7.11 Å². The third kappa shape index (κ3) is 2.43. The lowest BCUT2D eigenvalue weighted by Gasteiger charge is -2.19. The minimum atomic E-state index is 0.208. The third-order valence-corrected chi connectivity index (χ3v) is 6.82. The molecular formula is C21H22N2OS. The second-order valence-electron chi connectivity index (χ2n) is 6.88. The molecule has 4 heteroatoms. The van der Waals surface area contributed by atoms with Crippen LogP contribution in [-0.2, 0) is 19.4 Å². The van der Waals surface area contributed by atoms with Gasteiger partial charge in [-0.25, -0.2) is 0 Å². The van der Waals surface area contributed by atoms with Crippen molar-refractivity contribution in [1.82, 2.24) is 9.88 Å². The molecule has 0 spiro atoms. The highest BCUT2D eigenvalue weighted by molar-refractivity contribution is 7.15. The molecule has 2 aliphatic rings. The Labute approximate surface area is 152 Å². The van der Waals surface area contributed by atoms with Gasteiger partial charge in [-0.3, -0.25) is 0 Å². The number of fused-ring (bicyclic) bond motifs is 5. The van der Waals surface area contributed by atoms with Crippen molar-refractivity contribution in [1.29, 1.82) is 0 Å². The second kappa shape index (κ2) is 6.04. The van der Waals surface area contributed by atoms with Crippen molar-refractivity contribution < 1.29 is 4.74 Å². The lowest BCUT2D eigenvalue weighted by atomic mass is 9.95. The largest absolute Gasteiger partial charge is 0.497 e. The summed E-state index contributed by atoms with van der Waals surface area (Å²) < 4.78 is 7.72. The predicted octanol–water partition coefficient (Wildman–Crippen LogP) is 4.62. The van der Waals surface area contributed by atoms with E-state index in [4.69, 9.17) is 4.74 Å². The summed E-state index contributed by atoms with van der Waals surface area (Å²) in [5.41, 5.74) is 5.74. The third-order valence-electron chi connectivity index (χ3n) is 5.49. The fourth-order valence-electron chi connectivity index (χ4n) is 4.20. The monoisotopic (exact) mass is 350 g/mol. The smallest absolute Gasteiger partial charge is 0.118 e. The topological polar surface area (TPSA) is 26.2 Å². The maximum absolute atomic E-state index is 5.31. The van der Waals surface area contributed by atoms with E-state index in [1.54, 1.807) is 17.6 Å². The summed E-state index contributed by atoms with van der Waals surface area (Å²) in [6, 6.07) is 13.1. The van der Waals surface area contributed by atoms with E-state index in [0.717, 1.165) is 12.3 Å². The van der Waals surface area contributed by atoms with E-state index in [-0.39, 0.29) is 6.04 Å². The summed E-state index contributed by atoms with van der Waals surface area (Å²) >= 11 is 2.00. The number of nitrogens with one attached hydrogen (secondary N) is 1. The first-order chi connectivity index (χ1) is 12.3. The molecule has 2 aromatic heterocycles. The number of aromatic nitrogens is 1. The van der Waals surface area contributed by atoms with Gasteiger partial charge in [0.1, 0.15) is 10.8 Å². The van der Waals surface area contributed by atoms with Crippen molar-refractivity contribution in [3.8, 4) is 10.8 Å². The van der Waals surface area contributed by atoms with E-state index >= 15 is 0 Å². The van der Waals surface area contributed by atoms with E-state index in [9.17, 15) is 0 Å². The number of methoxy groups -OCH3 is 1. The Hall–Kier alpha value is -2.04. The molecule has 1 aliphatic heterocycles. The SMILES string of the molecule is COc1ccc([C@@H]2NCc3c(sc4c3CCCC4)-n3cccc32)cc1. The van der Waals surface area contributed by atoms with Crippen LogP contribution in [0, 0.1) is 0 Å². The Morgan fingerprint density at radius 2 is 1.92 bits per heavy atom. The molecule has 1 N–H and O–H groups in total. The molecule has 25 heavy (non-hydrogen) atoms. The van der Waals surface area contributed by atoms with Crippen molar-refractivity contribution in [2.24, 2.45) is 0 Å². The highest BCUT2D eigenvalue weighted by Gasteiger charge is 2.28. The van der Waals surface area contributed by atoms with Crippen LogP contribution in [0.5, 0.6) is 5.75 Å². The van der Waals surface area contributed by atoms with Gasteiger partial charge in [-0.2, -0.15) is 0 Å². The van der Waals surface area contributed by atoms with Crippen LogP contribution in [0.15, 0.2) is 42.6 Å². The van der Waals surface area contributed by atoms with Gasteiger partial charge in [0.05, 0.1) is 13.2 Å². The van der Waals surface area contributed by atoms with Gasteiger partial charge in [0.15, 0.2) is 0 Å². The number of nitrogens with zero attached hydrogens (tertiary/aromatic N) is 1. The van der Waals surface area contributed by atoms with Gasteiger partial charge in [0.2, 0.25) is 0 Å². The van der Waals surface area contributed by atoms with Gasteiger partial charge in [-0.1, -0.05) is 12.1 Å². The van der Waals surface area contributed by atoms with Crippen molar-refractivity contribution in [3.05, 3.63) is 69.9 Å². The molecule has 0 fully saturated rings. The summed E-state index contributed by atoms with van der Waals surface area (Å²) in [6.07, 6.45) is 7.39. The maximum Gasteiger partial charge on any atom is 0.118 e. The molecule has 1 atom stereocenters. The first-order valence-corrected chi connectivity index (χ1v) is 9.85. The predicted molar refractivity (Wildman–Crippen MR) is 102 cm³/mol. The number of hydrogen-bond acceptors (Lipinski definition) is 3. The lowest BCUT2D eigenvalue weighted by molar-refractivity contribution is 0.414. The van der Waals surface area contributed by atoms with Gasteiger partial charge >= 0.3 is 0 Å². The van der Waals surface area contributed by atoms with Crippen LogP contribution in [0.4, 0.5) is 0 Å². The van der Waals surface area contributed by atoms with E-state index in [1.165, 1.54) is 47.5 Å². The van der Waals surface area contributed by atoms with Gasteiger partial charge < -0.3 is 14.6 Å². The summed E-state index contributed by atoms with van der Waals surface area (Å²) in [4.78, 5) is 1.61. The zero-order valence-corrected chi connectivity index (χ0v) is 15.2. The Balaban J connectivity index is 1.60. The molecule has 1 aliphatic carbocycles. The van der Waals surface area contributed by atoms with E-state index in [1.807, 2.05) is 23.5 Å². The highest BCUT2D eigenvalue weighted by Crippen LogP contribution is 2.40. The normalized spacial score (nSPS) is 18.8. The maximum atomic E-state index is 5.31. The molecule has 0 amide bonds. The number of benzene rings is 1. The molecular weight excluding hydrogens is 328 g/mol. The molecule has 0 unspecified atom stereocenters. The van der Waals surface area contributed by atoms with Crippen molar-refractivity contribution in [2.45, 2.75) is 38.3 Å². The zero-order chi connectivity index (χ0) is 16.8. The van der Waals surface area contributed by atoms with Gasteiger partial charge in [0.25, 0.3) is 0 Å². The fourth-order valence-corrected chi connectivity index (χ4v) is 5.61. The average Bonchev–Trinajstić information content (AvgIpc) is 3.24. The second-order valence-corrected chi connectivity index (χ2v) is 7.97. The van der Waals surface area contributed by atoms with Crippen LogP contribution < -0.4 is 10.1 Å². The standard InChI is InChI=1S/C21H22N2OS/c1-24-15-10-8-14(9-11-15)20-18-6-4-12-23(18)21-17(13-22-20)16-5-2-3-7-19(16)25-21/h4,6,8-12,20,22H,2-3,5,7,13H2,1H3/t20-/m0/s1. The molecule has 5 rings (SSSR count). The Bertz CT molecular complexity index is 907. The molecule has 0 saturated heterocycles. The molecule has 128 valence electrons. The van der Waals surface area contributed by atoms with Crippen LogP contribution >= 0.6 is 11.3 Å². The van der Waals surface area contributed by atoms with Crippen LogP contribution in [0.3, 0.4) is 0 Å². The Kier molecular flexibility index (Phi) is 3.68. The number of hydrogen-bond donors (Lipinski definition) is 1. The number of thiophene rings is 1. The van der Waals surface area contributed by atoms with E-state index < -0.39 is 0 Å². The van der Waals surface area contributed by atoms with Crippen LogP contribution in [-0.4, -0.2) is 11.7 Å². The van der Waals surface area contributed by atoms with Gasteiger partial charge in [-0.15, -0.1) is 11.3 Å². The first kappa shape index (κ1) is 15.2. The van der Waals surface area contributed by atoms with Crippen LogP contribution in [0.1, 0.15) is 46.1 Å². The van der Waals surface area contributed by atoms with Crippen molar-refractivity contribution in [3.63, 3.8) is 0 Å². The van der Waals surface area contributed by atoms with Gasteiger partial charge in [-0.05, 0) is 61.1 Å². The lowest BCUT2D eigenvalue weighted by Crippen LogP contribution is -2.21. The molecule has 3 nitrogen and oxygen atoms in total. The van der Waals surface area contributed by atoms with E-state index in [2.05, 4.69) is 40.3 Å². The molecule has 0 saturated carbocycles. The van der Waals surface area contributed by atoms with Gasteiger partial charge in [0, 0.05) is 28.9 Å².